The standard InChI is InChI=1S/C56H94O24/c1-24(2)11-10-15-56(9,80-50-46(71)42(67)39(64)31(77-50)23-73-48-44(69)41(66)38(63)30(76-48)22-72-25(3)59)26-12-17-55(8)35(26)27(60)19-33-53(6)16-14-34(52(4,5)32(53)13-18-54(33,55)7)78-51-47(43(68)37(62)29(21-58)75-51)79-49-45(70)40(65)36(61)28(20-57)74-49/h11,26-51,57-58,60-71H,10,12-23H2,1-9H3/t26-,27+,28+,29+,30+,31+,32-,33+,34-,35-,36+,37+,38+,39+,40-,41-,42-,43-,44+,45+,46+,47+,48+,49-,50-,51-,53-,54+,55+,56-/m0/s1. The molecule has 4 aliphatic heterocycles. The lowest BCUT2D eigenvalue weighted by Gasteiger charge is -2.71. The molecule has 8 fully saturated rings. The van der Waals surface area contributed by atoms with Gasteiger partial charge in [0.25, 0.3) is 0 Å². The van der Waals surface area contributed by atoms with Crippen molar-refractivity contribution < 1.29 is 119 Å². The lowest BCUT2D eigenvalue weighted by atomic mass is 9.35. The highest BCUT2D eigenvalue weighted by atomic mass is 16.8. The summed E-state index contributed by atoms with van der Waals surface area (Å²) in [7, 11) is 0. The molecule has 0 aromatic heterocycles. The molecule has 8 aliphatic rings. The van der Waals surface area contributed by atoms with Gasteiger partial charge in [-0.05, 0) is 124 Å². The van der Waals surface area contributed by atoms with Crippen LogP contribution in [0.5, 0.6) is 0 Å². The molecule has 4 aliphatic carbocycles. The highest BCUT2D eigenvalue weighted by molar-refractivity contribution is 5.65. The van der Waals surface area contributed by atoms with E-state index in [-0.39, 0.29) is 34.5 Å². The maximum atomic E-state index is 12.9. The van der Waals surface area contributed by atoms with Crippen LogP contribution in [-0.4, -0.2) is 245 Å². The van der Waals surface area contributed by atoms with Crippen molar-refractivity contribution in [3.05, 3.63) is 11.6 Å². The summed E-state index contributed by atoms with van der Waals surface area (Å²) in [6, 6.07) is 0. The molecule has 0 aromatic carbocycles. The summed E-state index contributed by atoms with van der Waals surface area (Å²) < 4.78 is 54.2. The quantitative estimate of drug-likeness (QED) is 0.0442. The van der Waals surface area contributed by atoms with Crippen LogP contribution in [0, 0.1) is 45.3 Å². The highest BCUT2D eigenvalue weighted by Gasteiger charge is 2.72. The fourth-order valence-corrected chi connectivity index (χ4v) is 16.4. The van der Waals surface area contributed by atoms with Gasteiger partial charge in [-0.1, -0.05) is 46.3 Å². The van der Waals surface area contributed by atoms with Crippen LogP contribution < -0.4 is 0 Å². The van der Waals surface area contributed by atoms with Crippen LogP contribution in [-0.2, 0) is 47.4 Å². The van der Waals surface area contributed by atoms with Crippen molar-refractivity contribution in [1.29, 1.82) is 0 Å². The first-order valence-corrected chi connectivity index (χ1v) is 28.8. The molecular formula is C56H94O24. The molecule has 24 heteroatoms. The van der Waals surface area contributed by atoms with E-state index in [1.165, 1.54) is 0 Å². The van der Waals surface area contributed by atoms with Gasteiger partial charge in [-0.2, -0.15) is 0 Å². The first-order chi connectivity index (χ1) is 37.4. The zero-order valence-corrected chi connectivity index (χ0v) is 47.6. The first-order valence-electron chi connectivity index (χ1n) is 28.8. The van der Waals surface area contributed by atoms with Crippen molar-refractivity contribution in [2.45, 2.75) is 261 Å². The van der Waals surface area contributed by atoms with Crippen molar-refractivity contribution in [3.8, 4) is 0 Å². The summed E-state index contributed by atoms with van der Waals surface area (Å²) >= 11 is 0. The van der Waals surface area contributed by atoms with Gasteiger partial charge in [0.1, 0.15) is 104 Å². The lowest BCUT2D eigenvalue weighted by molar-refractivity contribution is -0.378. The number of fused-ring (bicyclic) bond motifs is 5. The number of allylic oxidation sites excluding steroid dienone is 2. The molecule has 24 nitrogen and oxygen atoms in total. The average molecular weight is 1150 g/mol. The van der Waals surface area contributed by atoms with Crippen LogP contribution >= 0.6 is 0 Å². The van der Waals surface area contributed by atoms with Crippen molar-refractivity contribution in [2.24, 2.45) is 45.3 Å². The minimum atomic E-state index is -1.82. The minimum Gasteiger partial charge on any atom is -0.463 e. The Morgan fingerprint density at radius 2 is 1.10 bits per heavy atom. The van der Waals surface area contributed by atoms with Gasteiger partial charge in [-0.3, -0.25) is 4.79 Å². The second-order valence-electron chi connectivity index (χ2n) is 26.4. The van der Waals surface area contributed by atoms with Gasteiger partial charge < -0.3 is 114 Å². The largest absolute Gasteiger partial charge is 0.463 e. The minimum absolute atomic E-state index is 0.0274. The second-order valence-corrected chi connectivity index (χ2v) is 26.4. The number of hydrogen-bond donors (Lipinski definition) is 14. The summed E-state index contributed by atoms with van der Waals surface area (Å²) in [5, 5.41) is 153. The maximum absolute atomic E-state index is 12.9. The van der Waals surface area contributed by atoms with Crippen molar-refractivity contribution >= 4 is 5.97 Å². The van der Waals surface area contributed by atoms with Crippen LogP contribution in [0.1, 0.15) is 120 Å². The molecule has 0 bridgehead atoms. The second kappa shape index (κ2) is 24.6. The fraction of sp³-hybridized carbons (Fsp3) is 0.946. The average Bonchev–Trinajstić information content (AvgIpc) is 2.96. The van der Waals surface area contributed by atoms with Gasteiger partial charge in [-0.15, -0.1) is 0 Å². The van der Waals surface area contributed by atoms with E-state index >= 15 is 0 Å². The summed E-state index contributed by atoms with van der Waals surface area (Å²) in [5.74, 6) is -1.19. The number of aliphatic hydroxyl groups is 14. The van der Waals surface area contributed by atoms with E-state index in [1.54, 1.807) is 0 Å². The third kappa shape index (κ3) is 11.6. The Kier molecular flexibility index (Phi) is 19.8. The third-order valence-electron chi connectivity index (χ3n) is 21.2. The lowest BCUT2D eigenvalue weighted by Crippen LogP contribution is -2.68. The summed E-state index contributed by atoms with van der Waals surface area (Å²) in [5.41, 5.74) is -1.66. The number of aliphatic hydroxyl groups excluding tert-OH is 14. The number of hydrogen-bond acceptors (Lipinski definition) is 24. The molecule has 4 heterocycles. The number of ether oxygens (including phenoxy) is 9. The molecule has 462 valence electrons. The summed E-state index contributed by atoms with van der Waals surface area (Å²) in [4.78, 5) is 11.5. The van der Waals surface area contributed by atoms with Crippen LogP contribution in [0.15, 0.2) is 11.6 Å². The van der Waals surface area contributed by atoms with E-state index in [0.717, 1.165) is 31.8 Å². The SMILES string of the molecule is CC(=O)OC[C@H]1O[C@@H](OC[C@H]2O[C@@H](O[C@@](C)(CCC=C(C)C)[C@H]3CC[C@]4(C)[C@@H]3[C@H](O)C[C@@H]3[C@@]5(C)CC[C@H](O[C@@H]6O[C@H](CO)[C@@H](O)[C@H](O)[C@H]6O[C@@H]6O[C@H](CO)[C@@H](O)[C@H](O)[C@H]6O)C(C)(C)[C@@H]5CC[C@]34C)[C@H](O)[C@@H](O)[C@@H]2O)[C@H](O)[C@@H](O)[C@@H]1O. The number of carbonyl (C=O) groups is 1. The van der Waals surface area contributed by atoms with Gasteiger partial charge in [0.15, 0.2) is 25.2 Å². The van der Waals surface area contributed by atoms with E-state index in [9.17, 15) is 76.3 Å². The van der Waals surface area contributed by atoms with Crippen LogP contribution in [0.2, 0.25) is 0 Å². The normalized spacial score (nSPS) is 51.0. The molecule has 0 radical (unpaired) electrons. The van der Waals surface area contributed by atoms with E-state index in [1.807, 2.05) is 20.8 Å². The Morgan fingerprint density at radius 3 is 1.70 bits per heavy atom. The highest BCUT2D eigenvalue weighted by Crippen LogP contribution is 2.76. The molecule has 14 N–H and O–H groups in total. The van der Waals surface area contributed by atoms with Crippen LogP contribution in [0.4, 0.5) is 0 Å². The Bertz CT molecular complexity index is 2120. The molecule has 4 saturated carbocycles. The summed E-state index contributed by atoms with van der Waals surface area (Å²) in [6.07, 6.45) is -25.6. The Hall–Kier alpha value is -1.67. The van der Waals surface area contributed by atoms with E-state index in [2.05, 4.69) is 40.7 Å². The summed E-state index contributed by atoms with van der Waals surface area (Å²) in [6.45, 7) is 15.9. The third-order valence-corrected chi connectivity index (χ3v) is 21.2. The van der Waals surface area contributed by atoms with Crippen LogP contribution in [0.3, 0.4) is 0 Å². The monoisotopic (exact) mass is 1150 g/mol. The van der Waals surface area contributed by atoms with Gasteiger partial charge >= 0.3 is 5.97 Å². The van der Waals surface area contributed by atoms with Crippen molar-refractivity contribution in [1.82, 2.24) is 0 Å². The molecule has 0 amide bonds. The number of esters is 1. The maximum Gasteiger partial charge on any atom is 0.302 e. The zero-order valence-electron chi connectivity index (χ0n) is 47.6. The molecular weight excluding hydrogens is 1060 g/mol. The smallest absolute Gasteiger partial charge is 0.302 e. The predicted molar refractivity (Wildman–Crippen MR) is 276 cm³/mol. The molecule has 0 spiro atoms. The molecule has 30 atom stereocenters. The Morgan fingerprint density at radius 1 is 0.575 bits per heavy atom. The topological polar surface area (TPSA) is 383 Å². The van der Waals surface area contributed by atoms with E-state index in [0.29, 0.717) is 38.5 Å². The van der Waals surface area contributed by atoms with Gasteiger partial charge in [0.2, 0.25) is 0 Å². The molecule has 80 heavy (non-hydrogen) atoms. The van der Waals surface area contributed by atoms with E-state index in [4.69, 9.17) is 42.6 Å². The van der Waals surface area contributed by atoms with Gasteiger partial charge in [-0.25, -0.2) is 0 Å². The van der Waals surface area contributed by atoms with Gasteiger partial charge in [0.05, 0.1) is 37.6 Å². The fourth-order valence-electron chi connectivity index (χ4n) is 16.4. The molecule has 0 aromatic rings. The zero-order chi connectivity index (χ0) is 58.9. The Balaban J connectivity index is 1.00. The first kappa shape index (κ1) is 64.3. The number of carbonyl (C=O) groups excluding carboxylic acids is 1. The molecule has 8 rings (SSSR count). The van der Waals surface area contributed by atoms with Gasteiger partial charge in [0, 0.05) is 6.92 Å². The molecule has 0 unspecified atom stereocenters. The van der Waals surface area contributed by atoms with Crippen molar-refractivity contribution in [3.63, 3.8) is 0 Å². The van der Waals surface area contributed by atoms with E-state index < -0.39 is 184 Å². The van der Waals surface area contributed by atoms with Crippen molar-refractivity contribution in [2.75, 3.05) is 26.4 Å². The van der Waals surface area contributed by atoms with Crippen LogP contribution in [0.25, 0.3) is 0 Å². The Labute approximate surface area is 467 Å². The molecule has 4 saturated heterocycles. The predicted octanol–water partition coefficient (Wildman–Crippen LogP) is -1.63. The number of rotatable bonds is 17.